The van der Waals surface area contributed by atoms with Crippen LogP contribution in [0.5, 0.6) is 5.75 Å². The lowest BCUT2D eigenvalue weighted by Crippen LogP contribution is -2.25. The van der Waals surface area contributed by atoms with Crippen molar-refractivity contribution in [1.29, 1.82) is 0 Å². The molecule has 1 N–H and O–H groups in total. The van der Waals surface area contributed by atoms with Crippen LogP contribution in [0.4, 0.5) is 5.69 Å². The number of nitrogens with zero attached hydrogens (tertiary/aromatic N) is 3. The smallest absolute Gasteiger partial charge is 0.286 e. The van der Waals surface area contributed by atoms with Gasteiger partial charge in [0, 0.05) is 30.9 Å². The normalized spacial score (nSPS) is 10.8. The molecular weight excluding hydrogens is 412 g/mol. The van der Waals surface area contributed by atoms with Gasteiger partial charge in [0.1, 0.15) is 18.1 Å². The molecule has 3 rings (SSSR count). The van der Waals surface area contributed by atoms with Gasteiger partial charge in [-0.05, 0) is 44.5 Å². The van der Waals surface area contributed by atoms with Crippen LogP contribution >= 0.6 is 11.6 Å². The molecule has 1 amide bonds. The van der Waals surface area contributed by atoms with E-state index in [0.717, 1.165) is 17.8 Å². The van der Waals surface area contributed by atoms with Crippen molar-refractivity contribution in [1.82, 2.24) is 15.1 Å². The second-order valence-electron chi connectivity index (χ2n) is 6.69. The van der Waals surface area contributed by atoms with Crippen LogP contribution in [0.2, 0.25) is 5.02 Å². The van der Waals surface area contributed by atoms with Crippen LogP contribution in [-0.2, 0) is 13.2 Å². The molecule has 0 fully saturated rings. The van der Waals surface area contributed by atoms with E-state index in [-0.39, 0.29) is 34.7 Å². The highest BCUT2D eigenvalue weighted by atomic mass is 35.5. The molecule has 0 aliphatic rings. The first-order chi connectivity index (χ1) is 14.3. The number of halogens is 1. The van der Waals surface area contributed by atoms with E-state index in [4.69, 9.17) is 20.8 Å². The first-order valence-corrected chi connectivity index (χ1v) is 9.66. The molecule has 3 aromatic rings. The Labute approximate surface area is 177 Å². The summed E-state index contributed by atoms with van der Waals surface area (Å²) in [6, 6.07) is 9.13. The van der Waals surface area contributed by atoms with Gasteiger partial charge in [0.15, 0.2) is 5.76 Å². The number of hydrogen-bond donors (Lipinski definition) is 1. The molecule has 30 heavy (non-hydrogen) atoms. The molecule has 10 heteroatoms. The predicted molar refractivity (Wildman–Crippen MR) is 110 cm³/mol. The van der Waals surface area contributed by atoms with Gasteiger partial charge >= 0.3 is 0 Å². The van der Waals surface area contributed by atoms with E-state index in [1.807, 2.05) is 24.6 Å². The van der Waals surface area contributed by atoms with Gasteiger partial charge in [-0.15, -0.1) is 0 Å². The quantitative estimate of drug-likeness (QED) is 0.310. The summed E-state index contributed by atoms with van der Waals surface area (Å²) in [7, 11) is 0. The Kier molecular flexibility index (Phi) is 6.73. The fourth-order valence-corrected chi connectivity index (χ4v) is 3.10. The number of rotatable bonds is 9. The van der Waals surface area contributed by atoms with Gasteiger partial charge in [0.25, 0.3) is 11.6 Å². The highest BCUT2D eigenvalue weighted by Crippen LogP contribution is 2.29. The molecule has 0 atom stereocenters. The summed E-state index contributed by atoms with van der Waals surface area (Å²) < 4.78 is 12.9. The number of nitro benzene ring substituents is 1. The minimum absolute atomic E-state index is 0.0305. The van der Waals surface area contributed by atoms with Crippen LogP contribution in [0.3, 0.4) is 0 Å². The van der Waals surface area contributed by atoms with Crippen LogP contribution in [0.1, 0.15) is 34.1 Å². The maximum absolute atomic E-state index is 12.2. The molecule has 2 heterocycles. The highest BCUT2D eigenvalue weighted by molar-refractivity contribution is 6.32. The Morgan fingerprint density at radius 1 is 1.30 bits per heavy atom. The van der Waals surface area contributed by atoms with E-state index in [1.165, 1.54) is 18.2 Å². The SMILES string of the molecule is Cc1cc(C)n(CCCNC(=O)c2ccc(COc3ccc([N+](=O)[O-])cc3Cl)o2)n1. The number of non-ortho nitro benzene ring substituents is 1. The summed E-state index contributed by atoms with van der Waals surface area (Å²) in [5.41, 5.74) is 1.93. The number of ether oxygens (including phenoxy) is 1. The van der Waals surface area contributed by atoms with Crippen molar-refractivity contribution in [3.63, 3.8) is 0 Å². The number of amides is 1. The zero-order valence-electron chi connectivity index (χ0n) is 16.6. The molecule has 9 nitrogen and oxygen atoms in total. The van der Waals surface area contributed by atoms with Crippen LogP contribution in [-0.4, -0.2) is 27.2 Å². The number of hydrogen-bond acceptors (Lipinski definition) is 6. The third kappa shape index (κ3) is 5.38. The highest BCUT2D eigenvalue weighted by Gasteiger charge is 2.13. The van der Waals surface area contributed by atoms with Crippen molar-refractivity contribution in [3.05, 3.63) is 74.4 Å². The summed E-state index contributed by atoms with van der Waals surface area (Å²) in [5.74, 6) is 0.573. The van der Waals surface area contributed by atoms with Crippen LogP contribution < -0.4 is 10.1 Å². The average Bonchev–Trinajstić information content (AvgIpc) is 3.30. The number of nitro groups is 1. The van der Waals surface area contributed by atoms with Crippen molar-refractivity contribution >= 4 is 23.2 Å². The van der Waals surface area contributed by atoms with Crippen molar-refractivity contribution < 1.29 is 18.9 Å². The molecule has 1 aromatic carbocycles. The zero-order chi connectivity index (χ0) is 21.7. The van der Waals surface area contributed by atoms with E-state index in [9.17, 15) is 14.9 Å². The van der Waals surface area contributed by atoms with E-state index >= 15 is 0 Å². The van der Waals surface area contributed by atoms with Crippen LogP contribution in [0.15, 0.2) is 40.8 Å². The van der Waals surface area contributed by atoms with Crippen molar-refractivity contribution in [3.8, 4) is 5.75 Å². The first-order valence-electron chi connectivity index (χ1n) is 9.28. The molecule has 158 valence electrons. The standard InChI is InChI=1S/C20H21ClN4O5/c1-13-10-14(2)24(23-13)9-3-8-22-20(26)19-7-5-16(30-19)12-29-18-6-4-15(25(27)28)11-17(18)21/h4-7,10-11H,3,8-9,12H2,1-2H3,(H,22,26). The average molecular weight is 433 g/mol. The van der Waals surface area contributed by atoms with Gasteiger partial charge < -0.3 is 14.5 Å². The second-order valence-corrected chi connectivity index (χ2v) is 7.09. The number of aromatic nitrogens is 2. The van der Waals surface area contributed by atoms with Gasteiger partial charge in [-0.25, -0.2) is 0 Å². The Morgan fingerprint density at radius 2 is 2.10 bits per heavy atom. The largest absolute Gasteiger partial charge is 0.484 e. The summed E-state index contributed by atoms with van der Waals surface area (Å²) in [6.45, 7) is 5.17. The van der Waals surface area contributed by atoms with Gasteiger partial charge in [0.2, 0.25) is 0 Å². The zero-order valence-corrected chi connectivity index (χ0v) is 17.3. The Morgan fingerprint density at radius 3 is 2.77 bits per heavy atom. The lowest BCUT2D eigenvalue weighted by molar-refractivity contribution is -0.384. The number of benzene rings is 1. The fourth-order valence-electron chi connectivity index (χ4n) is 2.87. The molecule has 0 radical (unpaired) electrons. The van der Waals surface area contributed by atoms with Gasteiger partial charge in [-0.3, -0.25) is 19.6 Å². The fraction of sp³-hybridized carbons (Fsp3) is 0.300. The maximum atomic E-state index is 12.2. The van der Waals surface area contributed by atoms with E-state index in [2.05, 4.69) is 10.4 Å². The van der Waals surface area contributed by atoms with E-state index < -0.39 is 4.92 Å². The molecule has 0 bridgehead atoms. The number of nitrogens with one attached hydrogen (secondary N) is 1. The summed E-state index contributed by atoms with van der Waals surface area (Å²) in [4.78, 5) is 22.4. The van der Waals surface area contributed by atoms with Gasteiger partial charge in [-0.2, -0.15) is 5.10 Å². The maximum Gasteiger partial charge on any atom is 0.286 e. The molecule has 2 aromatic heterocycles. The Hall–Kier alpha value is -3.33. The summed E-state index contributed by atoms with van der Waals surface area (Å²) in [6.07, 6.45) is 0.739. The molecule has 0 unspecified atom stereocenters. The lowest BCUT2D eigenvalue weighted by Gasteiger charge is -2.06. The predicted octanol–water partition coefficient (Wildman–Crippen LogP) is 4.05. The number of furan rings is 1. The number of carbonyl (C=O) groups excluding carboxylic acids is 1. The number of carbonyl (C=O) groups is 1. The monoisotopic (exact) mass is 432 g/mol. The number of aryl methyl sites for hydroxylation is 3. The van der Waals surface area contributed by atoms with E-state index in [1.54, 1.807) is 12.1 Å². The summed E-state index contributed by atoms with van der Waals surface area (Å²) in [5, 5.41) is 18.1. The van der Waals surface area contributed by atoms with Gasteiger partial charge in [0.05, 0.1) is 15.6 Å². The first kappa shape index (κ1) is 21.4. The Balaban J connectivity index is 1.46. The molecular formula is C20H21ClN4O5. The second kappa shape index (κ2) is 9.45. The third-order valence-corrected chi connectivity index (χ3v) is 4.61. The molecule has 0 aliphatic carbocycles. The summed E-state index contributed by atoms with van der Waals surface area (Å²) >= 11 is 5.99. The van der Waals surface area contributed by atoms with Crippen LogP contribution in [0, 0.1) is 24.0 Å². The topological polar surface area (TPSA) is 112 Å². The molecule has 0 aliphatic heterocycles. The molecule has 0 saturated carbocycles. The Bertz CT molecular complexity index is 1060. The third-order valence-electron chi connectivity index (χ3n) is 4.32. The minimum Gasteiger partial charge on any atom is -0.484 e. The van der Waals surface area contributed by atoms with Crippen LogP contribution in [0.25, 0.3) is 0 Å². The minimum atomic E-state index is -0.537. The van der Waals surface area contributed by atoms with Gasteiger partial charge in [-0.1, -0.05) is 11.6 Å². The van der Waals surface area contributed by atoms with Crippen molar-refractivity contribution in [2.45, 2.75) is 33.4 Å². The van der Waals surface area contributed by atoms with Crippen molar-refractivity contribution in [2.24, 2.45) is 0 Å². The molecule has 0 saturated heterocycles. The lowest BCUT2D eigenvalue weighted by atomic mass is 10.3. The van der Waals surface area contributed by atoms with E-state index in [0.29, 0.717) is 18.8 Å². The van der Waals surface area contributed by atoms with Crippen molar-refractivity contribution in [2.75, 3.05) is 6.54 Å². The molecule has 0 spiro atoms.